The molecular formula is C14H17BrN2O3S. The molecule has 0 spiro atoms. The number of anilines is 1. The number of carbonyl (C=O) groups is 2. The van der Waals surface area contributed by atoms with Gasteiger partial charge < -0.3 is 15.7 Å². The molecule has 1 fully saturated rings. The van der Waals surface area contributed by atoms with Gasteiger partial charge in [0.05, 0.1) is 11.3 Å². The number of carboxylic acids is 1. The highest BCUT2D eigenvalue weighted by Gasteiger charge is 2.25. The second kappa shape index (κ2) is 7.17. The molecule has 2 atom stereocenters. The van der Waals surface area contributed by atoms with Crippen molar-refractivity contribution in [3.63, 3.8) is 0 Å². The molecule has 1 saturated carbocycles. The Kier molecular flexibility index (Phi) is 5.52. The van der Waals surface area contributed by atoms with E-state index in [1.54, 1.807) is 12.1 Å². The number of carboxylic acid groups (broad SMARTS) is 1. The molecule has 0 heterocycles. The number of rotatable bonds is 4. The fourth-order valence-corrected chi connectivity index (χ4v) is 3.59. The lowest BCUT2D eigenvalue weighted by atomic mass is 10.2. The van der Waals surface area contributed by atoms with Gasteiger partial charge in [0.2, 0.25) is 0 Å². The molecule has 0 aromatic heterocycles. The highest BCUT2D eigenvalue weighted by atomic mass is 79.9. The largest absolute Gasteiger partial charge is 0.478 e. The molecule has 0 aliphatic heterocycles. The Hall–Kier alpha value is -1.21. The van der Waals surface area contributed by atoms with Gasteiger partial charge in [0.25, 0.3) is 0 Å². The summed E-state index contributed by atoms with van der Waals surface area (Å²) in [6, 6.07) is 4.54. The summed E-state index contributed by atoms with van der Waals surface area (Å²) in [5.74, 6) is -1.07. The summed E-state index contributed by atoms with van der Waals surface area (Å²) in [5, 5.41) is 15.3. The van der Waals surface area contributed by atoms with Gasteiger partial charge in [-0.3, -0.25) is 0 Å². The van der Waals surface area contributed by atoms with Crippen molar-refractivity contribution in [3.8, 4) is 0 Å². The van der Waals surface area contributed by atoms with Crippen molar-refractivity contribution in [1.82, 2.24) is 5.32 Å². The lowest BCUT2D eigenvalue weighted by Gasteiger charge is -2.15. The average molecular weight is 373 g/mol. The number of urea groups is 1. The van der Waals surface area contributed by atoms with Gasteiger partial charge in [0, 0.05) is 15.8 Å². The second-order valence-electron chi connectivity index (χ2n) is 4.96. The van der Waals surface area contributed by atoms with Gasteiger partial charge in [0.1, 0.15) is 0 Å². The Balaban J connectivity index is 1.98. The van der Waals surface area contributed by atoms with Crippen LogP contribution in [0.5, 0.6) is 0 Å². The van der Waals surface area contributed by atoms with Crippen LogP contribution in [-0.2, 0) is 0 Å². The third-order valence-electron chi connectivity index (χ3n) is 3.51. The number of hydrogen-bond donors (Lipinski definition) is 3. The van der Waals surface area contributed by atoms with Crippen LogP contribution in [0.2, 0.25) is 0 Å². The van der Waals surface area contributed by atoms with Gasteiger partial charge in [-0.1, -0.05) is 15.9 Å². The Morgan fingerprint density at radius 3 is 2.76 bits per heavy atom. The number of nitrogens with one attached hydrogen (secondary N) is 2. The maximum absolute atomic E-state index is 12.0. The van der Waals surface area contributed by atoms with E-state index in [2.05, 4.69) is 32.8 Å². The summed E-state index contributed by atoms with van der Waals surface area (Å²) in [4.78, 5) is 23.2. The third kappa shape index (κ3) is 4.38. The Bertz CT molecular complexity index is 553. The number of hydrogen-bond acceptors (Lipinski definition) is 3. The number of benzene rings is 1. The van der Waals surface area contributed by atoms with E-state index in [0.29, 0.717) is 15.4 Å². The first kappa shape index (κ1) is 16.2. The summed E-state index contributed by atoms with van der Waals surface area (Å²) in [7, 11) is 0. The fraction of sp³-hybridized carbons (Fsp3) is 0.429. The lowest BCUT2D eigenvalue weighted by molar-refractivity contribution is 0.0698. The molecule has 1 aliphatic rings. The maximum Gasteiger partial charge on any atom is 0.337 e. The third-order valence-corrected chi connectivity index (χ3v) is 5.10. The van der Waals surface area contributed by atoms with Gasteiger partial charge in [-0.25, -0.2) is 9.59 Å². The highest BCUT2D eigenvalue weighted by Crippen LogP contribution is 2.28. The zero-order chi connectivity index (χ0) is 15.4. The quantitative estimate of drug-likeness (QED) is 0.754. The van der Waals surface area contributed by atoms with E-state index in [0.717, 1.165) is 19.3 Å². The minimum atomic E-state index is -1.07. The molecule has 0 radical (unpaired) electrons. The average Bonchev–Trinajstić information content (AvgIpc) is 2.88. The topological polar surface area (TPSA) is 78.4 Å². The monoisotopic (exact) mass is 372 g/mol. The Morgan fingerprint density at radius 1 is 1.38 bits per heavy atom. The van der Waals surface area contributed by atoms with Gasteiger partial charge in [0.15, 0.2) is 0 Å². The van der Waals surface area contributed by atoms with Crippen LogP contribution in [0.15, 0.2) is 22.7 Å². The van der Waals surface area contributed by atoms with Crippen LogP contribution in [0, 0.1) is 0 Å². The zero-order valence-electron chi connectivity index (χ0n) is 11.6. The first-order valence-electron chi connectivity index (χ1n) is 6.62. The molecule has 0 bridgehead atoms. The Morgan fingerprint density at radius 2 is 2.14 bits per heavy atom. The summed E-state index contributed by atoms with van der Waals surface area (Å²) in [6.45, 7) is 0. The van der Waals surface area contributed by atoms with E-state index in [1.807, 2.05) is 11.8 Å². The summed E-state index contributed by atoms with van der Waals surface area (Å²) >= 11 is 5.04. The molecule has 0 saturated heterocycles. The van der Waals surface area contributed by atoms with E-state index in [-0.39, 0.29) is 17.6 Å². The smallest absolute Gasteiger partial charge is 0.337 e. The SMILES string of the molecule is CSC1CCC(NC(=O)Nc2ccc(Br)cc2C(=O)O)C1. The van der Waals surface area contributed by atoms with Crippen LogP contribution >= 0.6 is 27.7 Å². The van der Waals surface area contributed by atoms with Crippen LogP contribution < -0.4 is 10.6 Å². The van der Waals surface area contributed by atoms with Crippen LogP contribution in [0.3, 0.4) is 0 Å². The van der Waals surface area contributed by atoms with Crippen molar-refractivity contribution in [2.24, 2.45) is 0 Å². The maximum atomic E-state index is 12.0. The predicted molar refractivity (Wildman–Crippen MR) is 88.2 cm³/mol. The minimum absolute atomic E-state index is 0.0629. The molecule has 5 nitrogen and oxygen atoms in total. The van der Waals surface area contributed by atoms with E-state index in [4.69, 9.17) is 5.11 Å². The molecule has 7 heteroatoms. The van der Waals surface area contributed by atoms with E-state index in [9.17, 15) is 9.59 Å². The Labute approximate surface area is 136 Å². The first-order chi connectivity index (χ1) is 9.99. The van der Waals surface area contributed by atoms with E-state index in [1.165, 1.54) is 6.07 Å². The molecule has 3 N–H and O–H groups in total. The standard InChI is InChI=1S/C14H17BrN2O3S/c1-21-10-4-3-9(7-10)16-14(20)17-12-5-2-8(15)6-11(12)13(18)19/h2,5-6,9-10H,3-4,7H2,1H3,(H,18,19)(H2,16,17,20). The lowest BCUT2D eigenvalue weighted by Crippen LogP contribution is -2.36. The van der Waals surface area contributed by atoms with Gasteiger partial charge in [-0.2, -0.15) is 11.8 Å². The van der Waals surface area contributed by atoms with Gasteiger partial charge >= 0.3 is 12.0 Å². The molecule has 1 aliphatic carbocycles. The van der Waals surface area contributed by atoms with Crippen molar-refractivity contribution < 1.29 is 14.7 Å². The van der Waals surface area contributed by atoms with Gasteiger partial charge in [-0.15, -0.1) is 0 Å². The first-order valence-corrected chi connectivity index (χ1v) is 8.71. The summed E-state index contributed by atoms with van der Waals surface area (Å²) in [6.07, 6.45) is 5.10. The number of amides is 2. The molecule has 2 unspecified atom stereocenters. The van der Waals surface area contributed by atoms with Crippen molar-refractivity contribution >= 4 is 45.4 Å². The van der Waals surface area contributed by atoms with Crippen LogP contribution in [0.1, 0.15) is 29.6 Å². The summed E-state index contributed by atoms with van der Waals surface area (Å²) in [5.41, 5.74) is 0.357. The number of thioether (sulfide) groups is 1. The van der Waals surface area contributed by atoms with Crippen LogP contribution in [0.25, 0.3) is 0 Å². The van der Waals surface area contributed by atoms with Crippen molar-refractivity contribution in [3.05, 3.63) is 28.2 Å². The van der Waals surface area contributed by atoms with Gasteiger partial charge in [-0.05, 0) is 43.7 Å². The van der Waals surface area contributed by atoms with Crippen molar-refractivity contribution in [1.29, 1.82) is 0 Å². The molecule has 21 heavy (non-hydrogen) atoms. The number of carbonyl (C=O) groups excluding carboxylic acids is 1. The van der Waals surface area contributed by atoms with E-state index >= 15 is 0 Å². The number of halogens is 1. The summed E-state index contributed by atoms with van der Waals surface area (Å²) < 4.78 is 0.657. The molecule has 1 aromatic carbocycles. The van der Waals surface area contributed by atoms with E-state index < -0.39 is 5.97 Å². The fourth-order valence-electron chi connectivity index (χ4n) is 2.43. The highest BCUT2D eigenvalue weighted by molar-refractivity contribution is 9.10. The second-order valence-corrected chi connectivity index (χ2v) is 7.01. The molecule has 1 aromatic rings. The zero-order valence-corrected chi connectivity index (χ0v) is 14.0. The van der Waals surface area contributed by atoms with Crippen LogP contribution in [-0.4, -0.2) is 34.7 Å². The van der Waals surface area contributed by atoms with Crippen LogP contribution in [0.4, 0.5) is 10.5 Å². The molecule has 2 rings (SSSR count). The number of aromatic carboxylic acids is 1. The van der Waals surface area contributed by atoms with Crippen molar-refractivity contribution in [2.75, 3.05) is 11.6 Å². The minimum Gasteiger partial charge on any atom is -0.478 e. The molecule has 2 amide bonds. The predicted octanol–water partition coefficient (Wildman–Crippen LogP) is 3.55. The molecule has 114 valence electrons. The van der Waals surface area contributed by atoms with Crippen molar-refractivity contribution in [2.45, 2.75) is 30.6 Å². The normalized spacial score (nSPS) is 21.0. The molecular weight excluding hydrogens is 356 g/mol.